The van der Waals surface area contributed by atoms with Gasteiger partial charge in [0, 0.05) is 24.1 Å². The zero-order chi connectivity index (χ0) is 14.2. The number of ether oxygens (including phenoxy) is 1. The van der Waals surface area contributed by atoms with Gasteiger partial charge in [0.2, 0.25) is 0 Å². The second-order valence-corrected chi connectivity index (χ2v) is 5.28. The molecule has 6 heteroatoms. The fraction of sp³-hybridized carbons (Fsp3) is 0.333. The average Bonchev–Trinajstić information content (AvgIpc) is 3.12. The van der Waals surface area contributed by atoms with Gasteiger partial charge in [0.1, 0.15) is 23.2 Å². The molecule has 1 aromatic carbocycles. The van der Waals surface area contributed by atoms with E-state index in [1.165, 1.54) is 18.5 Å². The van der Waals surface area contributed by atoms with Crippen LogP contribution in [0.1, 0.15) is 12.8 Å². The lowest BCUT2D eigenvalue weighted by molar-refractivity contribution is 0.120. The molecule has 1 atom stereocenters. The third kappa shape index (κ3) is 2.21. The summed E-state index contributed by atoms with van der Waals surface area (Å²) < 4.78 is 19.0. The van der Waals surface area contributed by atoms with Crippen molar-refractivity contribution in [3.63, 3.8) is 0 Å². The maximum Gasteiger partial charge on any atom is 0.153 e. The van der Waals surface area contributed by atoms with Crippen molar-refractivity contribution in [2.45, 2.75) is 18.9 Å². The first kappa shape index (κ1) is 12.5. The maximum absolute atomic E-state index is 13.4. The summed E-state index contributed by atoms with van der Waals surface area (Å²) in [6.45, 7) is 1.55. The first-order valence-electron chi connectivity index (χ1n) is 7.09. The van der Waals surface area contributed by atoms with Gasteiger partial charge in [-0.3, -0.25) is 0 Å². The van der Waals surface area contributed by atoms with Crippen molar-refractivity contribution in [3.05, 3.63) is 30.3 Å². The number of anilines is 1. The highest BCUT2D eigenvalue weighted by molar-refractivity contribution is 6.07. The van der Waals surface area contributed by atoms with Crippen molar-refractivity contribution >= 4 is 27.8 Å². The molecule has 21 heavy (non-hydrogen) atoms. The van der Waals surface area contributed by atoms with Crippen molar-refractivity contribution in [1.82, 2.24) is 15.0 Å². The van der Waals surface area contributed by atoms with Gasteiger partial charge in [-0.25, -0.2) is 14.4 Å². The van der Waals surface area contributed by atoms with Crippen molar-refractivity contribution in [2.75, 3.05) is 18.5 Å². The van der Waals surface area contributed by atoms with Crippen LogP contribution in [-0.2, 0) is 4.74 Å². The lowest BCUT2D eigenvalue weighted by Gasteiger charge is -2.11. The Balaban J connectivity index is 1.73. The van der Waals surface area contributed by atoms with E-state index in [0.29, 0.717) is 0 Å². The lowest BCUT2D eigenvalue weighted by Crippen LogP contribution is -2.19. The quantitative estimate of drug-likeness (QED) is 0.777. The van der Waals surface area contributed by atoms with Crippen LogP contribution < -0.4 is 5.32 Å². The highest BCUT2D eigenvalue weighted by Gasteiger charge is 2.17. The zero-order valence-electron chi connectivity index (χ0n) is 11.4. The molecule has 3 heterocycles. The molecule has 0 saturated carbocycles. The third-order valence-corrected chi connectivity index (χ3v) is 3.86. The second kappa shape index (κ2) is 4.96. The summed E-state index contributed by atoms with van der Waals surface area (Å²) in [6.07, 6.45) is 3.91. The molecule has 4 rings (SSSR count). The first-order valence-corrected chi connectivity index (χ1v) is 7.09. The van der Waals surface area contributed by atoms with Crippen LogP contribution in [0.4, 0.5) is 10.2 Å². The Labute approximate surface area is 120 Å². The van der Waals surface area contributed by atoms with E-state index in [4.69, 9.17) is 4.74 Å². The molecule has 108 valence electrons. The highest BCUT2D eigenvalue weighted by atomic mass is 19.1. The molecule has 0 amide bonds. The average molecular weight is 286 g/mol. The molecule has 5 nitrogen and oxygen atoms in total. The standard InChI is InChI=1S/C15H15FN4O/c16-9-3-4-12-11(6-9)13-14(20-12)15(19-8-18-13)17-7-10-2-1-5-21-10/h3-4,6,8,10,20H,1-2,5,7H2,(H,17,18,19)/t10-/m0/s1. The maximum atomic E-state index is 13.4. The molecular formula is C15H15FN4O. The number of halogens is 1. The minimum atomic E-state index is -0.268. The first-order chi connectivity index (χ1) is 10.3. The van der Waals surface area contributed by atoms with Crippen LogP contribution in [0.25, 0.3) is 21.9 Å². The Kier molecular flexibility index (Phi) is 2.96. The predicted molar refractivity (Wildman–Crippen MR) is 78.8 cm³/mol. The van der Waals surface area contributed by atoms with E-state index in [-0.39, 0.29) is 11.9 Å². The number of nitrogens with one attached hydrogen (secondary N) is 2. The smallest absolute Gasteiger partial charge is 0.153 e. The van der Waals surface area contributed by atoms with Crippen LogP contribution >= 0.6 is 0 Å². The Morgan fingerprint density at radius 2 is 2.33 bits per heavy atom. The van der Waals surface area contributed by atoms with Crippen molar-refractivity contribution < 1.29 is 9.13 Å². The van der Waals surface area contributed by atoms with Gasteiger partial charge in [-0.15, -0.1) is 0 Å². The van der Waals surface area contributed by atoms with Crippen LogP contribution in [0.15, 0.2) is 24.5 Å². The predicted octanol–water partition coefficient (Wildman–Crippen LogP) is 2.84. The van der Waals surface area contributed by atoms with E-state index in [2.05, 4.69) is 20.3 Å². The van der Waals surface area contributed by atoms with E-state index >= 15 is 0 Å². The number of fused-ring (bicyclic) bond motifs is 3. The van der Waals surface area contributed by atoms with Crippen LogP contribution in [0.2, 0.25) is 0 Å². The van der Waals surface area contributed by atoms with Gasteiger partial charge in [-0.1, -0.05) is 0 Å². The van der Waals surface area contributed by atoms with Crippen molar-refractivity contribution in [1.29, 1.82) is 0 Å². The minimum absolute atomic E-state index is 0.233. The summed E-state index contributed by atoms with van der Waals surface area (Å²) in [7, 11) is 0. The molecule has 3 aromatic rings. The summed E-state index contributed by atoms with van der Waals surface area (Å²) >= 11 is 0. The largest absolute Gasteiger partial charge is 0.376 e. The number of rotatable bonds is 3. The SMILES string of the molecule is Fc1ccc2[nH]c3c(NC[C@@H]4CCCO4)ncnc3c2c1. The van der Waals surface area contributed by atoms with E-state index in [1.807, 2.05) is 0 Å². The number of H-pyrrole nitrogens is 1. The third-order valence-electron chi connectivity index (χ3n) is 3.86. The van der Waals surface area contributed by atoms with E-state index in [1.54, 1.807) is 6.07 Å². The summed E-state index contributed by atoms with van der Waals surface area (Å²) in [5.74, 6) is 0.461. The Morgan fingerprint density at radius 1 is 1.38 bits per heavy atom. The Morgan fingerprint density at radius 3 is 3.19 bits per heavy atom. The molecule has 1 fully saturated rings. The number of hydrogen-bond acceptors (Lipinski definition) is 4. The molecule has 2 aromatic heterocycles. The summed E-state index contributed by atoms with van der Waals surface area (Å²) in [5, 5.41) is 4.07. The molecule has 1 aliphatic heterocycles. The summed E-state index contributed by atoms with van der Waals surface area (Å²) in [4.78, 5) is 11.8. The molecule has 1 saturated heterocycles. The minimum Gasteiger partial charge on any atom is -0.376 e. The van der Waals surface area contributed by atoms with Gasteiger partial charge in [-0.2, -0.15) is 0 Å². The normalized spacial score (nSPS) is 18.6. The summed E-state index contributed by atoms with van der Waals surface area (Å²) in [5.41, 5.74) is 2.39. The van der Waals surface area contributed by atoms with Gasteiger partial charge in [0.05, 0.1) is 6.10 Å². The second-order valence-electron chi connectivity index (χ2n) is 5.28. The number of aromatic amines is 1. The van der Waals surface area contributed by atoms with Crippen LogP contribution in [0.5, 0.6) is 0 Å². The molecule has 0 radical (unpaired) electrons. The summed E-state index contributed by atoms with van der Waals surface area (Å²) in [6, 6.07) is 4.64. The molecule has 2 N–H and O–H groups in total. The molecular weight excluding hydrogens is 271 g/mol. The van der Waals surface area contributed by atoms with Crippen LogP contribution in [0, 0.1) is 5.82 Å². The van der Waals surface area contributed by atoms with Crippen LogP contribution in [-0.4, -0.2) is 34.2 Å². The van der Waals surface area contributed by atoms with Crippen molar-refractivity contribution in [3.8, 4) is 0 Å². The lowest BCUT2D eigenvalue weighted by atomic mass is 10.2. The zero-order valence-corrected chi connectivity index (χ0v) is 11.4. The molecule has 0 spiro atoms. The van der Waals surface area contributed by atoms with E-state index in [9.17, 15) is 4.39 Å². The monoisotopic (exact) mass is 286 g/mol. The van der Waals surface area contributed by atoms with E-state index in [0.717, 1.165) is 53.7 Å². The number of hydrogen-bond donors (Lipinski definition) is 2. The molecule has 0 unspecified atom stereocenters. The number of aromatic nitrogens is 3. The molecule has 0 aliphatic carbocycles. The molecule has 1 aliphatic rings. The van der Waals surface area contributed by atoms with E-state index < -0.39 is 0 Å². The van der Waals surface area contributed by atoms with Crippen molar-refractivity contribution in [2.24, 2.45) is 0 Å². The van der Waals surface area contributed by atoms with Gasteiger partial charge in [-0.05, 0) is 31.0 Å². The number of benzene rings is 1. The van der Waals surface area contributed by atoms with Gasteiger partial charge < -0.3 is 15.0 Å². The molecule has 0 bridgehead atoms. The fourth-order valence-corrected chi connectivity index (χ4v) is 2.81. The number of nitrogens with zero attached hydrogens (tertiary/aromatic N) is 2. The van der Waals surface area contributed by atoms with Crippen LogP contribution in [0.3, 0.4) is 0 Å². The van der Waals surface area contributed by atoms with Gasteiger partial charge >= 0.3 is 0 Å². The topological polar surface area (TPSA) is 62.8 Å². The fourth-order valence-electron chi connectivity index (χ4n) is 2.81. The Hall–Kier alpha value is -2.21. The highest BCUT2D eigenvalue weighted by Crippen LogP contribution is 2.27. The Bertz CT molecular complexity index is 795. The van der Waals surface area contributed by atoms with Gasteiger partial charge in [0.25, 0.3) is 0 Å². The van der Waals surface area contributed by atoms with Gasteiger partial charge in [0.15, 0.2) is 5.82 Å².